The van der Waals surface area contributed by atoms with Gasteiger partial charge in [0.05, 0.1) is 6.04 Å². The van der Waals surface area contributed by atoms with E-state index in [1.165, 1.54) is 24.3 Å². The average molecular weight is 272 g/mol. The Morgan fingerprint density at radius 2 is 1.95 bits per heavy atom. The first-order valence-corrected chi connectivity index (χ1v) is 5.63. The maximum absolute atomic E-state index is 12.0. The fourth-order valence-electron chi connectivity index (χ4n) is 1.55. The molecule has 1 rings (SSSR count). The van der Waals surface area contributed by atoms with Crippen molar-refractivity contribution in [2.45, 2.75) is 25.4 Å². The minimum absolute atomic E-state index is 0.181. The molecule has 0 aliphatic heterocycles. The van der Waals surface area contributed by atoms with E-state index in [-0.39, 0.29) is 24.4 Å². The molecular formula is C13H15F3N2O. The average Bonchev–Trinajstić information content (AvgIpc) is 2.35. The number of benzene rings is 1. The molecule has 1 aromatic carbocycles. The first kappa shape index (κ1) is 15.3. The second-order valence-corrected chi connectivity index (χ2v) is 3.96. The van der Waals surface area contributed by atoms with Crippen LogP contribution < -0.4 is 15.8 Å². The van der Waals surface area contributed by atoms with Crippen LogP contribution in [0.5, 0.6) is 5.75 Å². The molecule has 0 spiro atoms. The van der Waals surface area contributed by atoms with E-state index in [1.807, 2.05) is 0 Å². The van der Waals surface area contributed by atoms with Crippen LogP contribution in [0.4, 0.5) is 13.2 Å². The summed E-state index contributed by atoms with van der Waals surface area (Å²) >= 11 is 0. The first-order valence-electron chi connectivity index (χ1n) is 5.63. The van der Waals surface area contributed by atoms with Gasteiger partial charge in [-0.25, -0.2) is 0 Å². The Kier molecular flexibility index (Phi) is 5.21. The molecule has 0 bridgehead atoms. The second kappa shape index (κ2) is 6.45. The van der Waals surface area contributed by atoms with Crippen molar-refractivity contribution in [1.82, 2.24) is 5.32 Å². The van der Waals surface area contributed by atoms with Gasteiger partial charge >= 0.3 is 6.36 Å². The Bertz CT molecular complexity index is 437. The lowest BCUT2D eigenvalue weighted by atomic mass is 10.1. The highest BCUT2D eigenvalue weighted by Gasteiger charge is 2.31. The van der Waals surface area contributed by atoms with Gasteiger partial charge in [0.1, 0.15) is 5.75 Å². The number of alkyl halides is 3. The fraction of sp³-hybridized carbons (Fsp3) is 0.385. The highest BCUT2D eigenvalue weighted by molar-refractivity contribution is 5.29. The molecule has 0 fully saturated rings. The molecule has 0 aliphatic rings. The predicted molar refractivity (Wildman–Crippen MR) is 66.4 cm³/mol. The van der Waals surface area contributed by atoms with E-state index in [4.69, 9.17) is 12.2 Å². The van der Waals surface area contributed by atoms with Gasteiger partial charge in [0.15, 0.2) is 0 Å². The van der Waals surface area contributed by atoms with Gasteiger partial charge in [-0.2, -0.15) is 0 Å². The minimum atomic E-state index is -4.69. The summed E-state index contributed by atoms with van der Waals surface area (Å²) < 4.78 is 39.8. The molecule has 0 radical (unpaired) electrons. The van der Waals surface area contributed by atoms with Crippen LogP contribution in [0.3, 0.4) is 0 Å². The van der Waals surface area contributed by atoms with Crippen LogP contribution in [0.15, 0.2) is 24.3 Å². The topological polar surface area (TPSA) is 47.3 Å². The number of nitrogens with two attached hydrogens (primary N) is 1. The summed E-state index contributed by atoms with van der Waals surface area (Å²) in [6.45, 7) is 2.08. The van der Waals surface area contributed by atoms with Crippen LogP contribution in [0.1, 0.15) is 18.5 Å². The van der Waals surface area contributed by atoms with Crippen LogP contribution >= 0.6 is 0 Å². The van der Waals surface area contributed by atoms with Crippen LogP contribution in [0, 0.1) is 12.3 Å². The second-order valence-electron chi connectivity index (χ2n) is 3.96. The summed E-state index contributed by atoms with van der Waals surface area (Å²) in [5.41, 5.74) is 6.35. The molecule has 0 saturated heterocycles. The van der Waals surface area contributed by atoms with E-state index < -0.39 is 6.36 Å². The van der Waals surface area contributed by atoms with E-state index in [1.54, 1.807) is 6.92 Å². The van der Waals surface area contributed by atoms with Crippen molar-refractivity contribution in [2.75, 3.05) is 6.54 Å². The van der Waals surface area contributed by atoms with Crippen LogP contribution in [0.2, 0.25) is 0 Å². The Labute approximate surface area is 109 Å². The van der Waals surface area contributed by atoms with Gasteiger partial charge in [-0.3, -0.25) is 5.32 Å². The van der Waals surface area contributed by atoms with Gasteiger partial charge in [-0.15, -0.1) is 19.6 Å². The maximum Gasteiger partial charge on any atom is 0.573 e. The van der Waals surface area contributed by atoms with Crippen molar-refractivity contribution in [3.05, 3.63) is 29.8 Å². The van der Waals surface area contributed by atoms with Crippen molar-refractivity contribution < 1.29 is 17.9 Å². The highest BCUT2D eigenvalue weighted by atomic mass is 19.4. The molecule has 0 aliphatic carbocycles. The number of ether oxygens (including phenoxy) is 1. The first-order chi connectivity index (χ1) is 8.85. The van der Waals surface area contributed by atoms with Gasteiger partial charge in [-0.1, -0.05) is 18.1 Å². The SMILES string of the molecule is C#CC(C)NC(CN)c1ccc(OC(F)(F)F)cc1. The van der Waals surface area contributed by atoms with Crippen LogP contribution in [-0.4, -0.2) is 18.9 Å². The highest BCUT2D eigenvalue weighted by Crippen LogP contribution is 2.24. The van der Waals surface area contributed by atoms with E-state index in [0.717, 1.165) is 5.56 Å². The third kappa shape index (κ3) is 5.20. The molecule has 0 amide bonds. The quantitative estimate of drug-likeness (QED) is 0.808. The van der Waals surface area contributed by atoms with Gasteiger partial charge in [0.2, 0.25) is 0 Å². The summed E-state index contributed by atoms with van der Waals surface area (Å²) in [5, 5.41) is 3.08. The number of hydrogen-bond acceptors (Lipinski definition) is 3. The lowest BCUT2D eigenvalue weighted by molar-refractivity contribution is -0.274. The largest absolute Gasteiger partial charge is 0.573 e. The van der Waals surface area contributed by atoms with Crippen molar-refractivity contribution in [3.8, 4) is 18.1 Å². The Morgan fingerprint density at radius 1 is 1.37 bits per heavy atom. The molecule has 0 heterocycles. The van der Waals surface area contributed by atoms with Gasteiger partial charge in [0, 0.05) is 12.6 Å². The molecule has 3 N–H and O–H groups in total. The van der Waals surface area contributed by atoms with E-state index in [0.29, 0.717) is 0 Å². The zero-order valence-electron chi connectivity index (χ0n) is 10.4. The molecule has 1 aromatic rings. The molecular weight excluding hydrogens is 257 g/mol. The third-order valence-corrected chi connectivity index (χ3v) is 2.45. The predicted octanol–water partition coefficient (Wildman–Crippen LogP) is 2.20. The zero-order valence-corrected chi connectivity index (χ0v) is 10.4. The minimum Gasteiger partial charge on any atom is -0.406 e. The summed E-state index contributed by atoms with van der Waals surface area (Å²) in [5.74, 6) is 2.24. The van der Waals surface area contributed by atoms with Crippen molar-refractivity contribution >= 4 is 0 Å². The Morgan fingerprint density at radius 3 is 2.37 bits per heavy atom. The molecule has 6 heteroatoms. The normalized spacial score (nSPS) is 14.5. The monoisotopic (exact) mass is 272 g/mol. The molecule has 3 nitrogen and oxygen atoms in total. The van der Waals surface area contributed by atoms with Crippen LogP contribution in [-0.2, 0) is 0 Å². The maximum atomic E-state index is 12.0. The number of terminal acetylenes is 1. The van der Waals surface area contributed by atoms with Crippen molar-refractivity contribution in [1.29, 1.82) is 0 Å². The standard InChI is InChI=1S/C13H15F3N2O/c1-3-9(2)18-12(8-17)10-4-6-11(7-5-10)19-13(14,15)16/h1,4-7,9,12,18H,8,17H2,2H3. The summed E-state index contributed by atoms with van der Waals surface area (Å²) in [6, 6.07) is 5.14. The molecule has 0 saturated carbocycles. The number of rotatable bonds is 5. The molecule has 104 valence electrons. The number of halogens is 3. The van der Waals surface area contributed by atoms with E-state index >= 15 is 0 Å². The third-order valence-electron chi connectivity index (χ3n) is 2.45. The summed E-state index contributed by atoms with van der Waals surface area (Å²) in [7, 11) is 0. The Hall–Kier alpha value is -1.71. The molecule has 2 atom stereocenters. The fourth-order valence-corrected chi connectivity index (χ4v) is 1.55. The molecule has 2 unspecified atom stereocenters. The Balaban J connectivity index is 2.76. The van der Waals surface area contributed by atoms with E-state index in [9.17, 15) is 13.2 Å². The smallest absolute Gasteiger partial charge is 0.406 e. The van der Waals surface area contributed by atoms with Gasteiger partial charge < -0.3 is 10.5 Å². The summed E-state index contributed by atoms with van der Waals surface area (Å²) in [6.07, 6.45) is 0.559. The summed E-state index contributed by atoms with van der Waals surface area (Å²) in [4.78, 5) is 0. The molecule has 0 aromatic heterocycles. The van der Waals surface area contributed by atoms with Gasteiger partial charge in [-0.05, 0) is 24.6 Å². The lowest BCUT2D eigenvalue weighted by Crippen LogP contribution is -2.34. The van der Waals surface area contributed by atoms with Crippen LogP contribution in [0.25, 0.3) is 0 Å². The lowest BCUT2D eigenvalue weighted by Gasteiger charge is -2.20. The van der Waals surface area contributed by atoms with Crippen molar-refractivity contribution in [2.24, 2.45) is 5.73 Å². The van der Waals surface area contributed by atoms with Crippen molar-refractivity contribution in [3.63, 3.8) is 0 Å². The number of hydrogen-bond donors (Lipinski definition) is 2. The number of nitrogens with one attached hydrogen (secondary N) is 1. The van der Waals surface area contributed by atoms with Gasteiger partial charge in [0.25, 0.3) is 0 Å². The zero-order chi connectivity index (χ0) is 14.5. The molecule has 19 heavy (non-hydrogen) atoms. The van der Waals surface area contributed by atoms with E-state index in [2.05, 4.69) is 16.0 Å².